The van der Waals surface area contributed by atoms with Gasteiger partial charge < -0.3 is 9.13 Å². The van der Waals surface area contributed by atoms with Gasteiger partial charge in [0.1, 0.15) is 0 Å². The molecule has 0 aliphatic rings. The normalized spacial score (nSPS) is 11.8. The van der Waals surface area contributed by atoms with E-state index in [-0.39, 0.29) is 10.6 Å². The highest BCUT2D eigenvalue weighted by Gasteiger charge is 2.26. The Labute approximate surface area is 579 Å². The topological polar surface area (TPSA) is 87.2 Å². The fraction of sp³-hybridized carbons (Fsp3) is 0. The van der Waals surface area contributed by atoms with Gasteiger partial charge in [-0.15, -0.1) is 22.7 Å². The van der Waals surface area contributed by atoms with Gasteiger partial charge in [-0.1, -0.05) is 231 Å². The fourth-order valence-electron chi connectivity index (χ4n) is 14.4. The number of aromatic nitrogens is 8. The quantitative estimate of drug-likeness (QED) is 0.151. The average Bonchev–Trinajstić information content (AvgIpc) is 1.54. The Balaban J connectivity index is 0.000000140. The Kier molecular flexibility index (Phi) is 13.9. The third kappa shape index (κ3) is 9.63. The summed E-state index contributed by atoms with van der Waals surface area (Å²) in [6.45, 7) is 0. The molecular formula is C86H50Cl2N8S2. The maximum atomic E-state index is 6.34. The van der Waals surface area contributed by atoms with Crippen molar-refractivity contribution in [3.63, 3.8) is 0 Å². The summed E-state index contributed by atoms with van der Waals surface area (Å²) in [6, 6.07) is 107. The van der Waals surface area contributed by atoms with Crippen molar-refractivity contribution in [3.8, 4) is 79.2 Å². The summed E-state index contributed by atoms with van der Waals surface area (Å²) in [5.74, 6) is 2.38. The molecule has 0 unspecified atom stereocenters. The van der Waals surface area contributed by atoms with E-state index in [0.717, 1.165) is 71.9 Å². The fourth-order valence-corrected chi connectivity index (χ4v) is 17.3. The second-order valence-electron chi connectivity index (χ2n) is 24.3. The van der Waals surface area contributed by atoms with Crippen LogP contribution in [0, 0.1) is 0 Å². The number of benzene rings is 14. The average molecular weight is 1330 g/mol. The molecule has 12 heteroatoms. The molecule has 0 aliphatic carbocycles. The predicted molar refractivity (Wildman–Crippen MR) is 412 cm³/mol. The Bertz CT molecular complexity index is 6480. The highest BCUT2D eigenvalue weighted by molar-refractivity contribution is 7.27. The van der Waals surface area contributed by atoms with E-state index in [0.29, 0.717) is 23.3 Å². The molecule has 0 saturated carbocycles. The summed E-state index contributed by atoms with van der Waals surface area (Å²) in [4.78, 5) is 28.7. The van der Waals surface area contributed by atoms with Gasteiger partial charge >= 0.3 is 0 Å². The monoisotopic (exact) mass is 1330 g/mol. The largest absolute Gasteiger partial charge is 0.309 e. The first kappa shape index (κ1) is 57.7. The molecule has 8 nitrogen and oxygen atoms in total. The van der Waals surface area contributed by atoms with E-state index in [2.05, 4.69) is 285 Å². The van der Waals surface area contributed by atoms with Crippen LogP contribution in [0.15, 0.2) is 303 Å². The Hall–Kier alpha value is -11.8. The van der Waals surface area contributed by atoms with E-state index in [1.807, 2.05) is 65.1 Å². The second kappa shape index (κ2) is 23.6. The van der Waals surface area contributed by atoms with Crippen LogP contribution in [0.3, 0.4) is 0 Å². The molecule has 6 aromatic heterocycles. The molecule has 0 bridgehead atoms. The molecule has 0 N–H and O–H groups in total. The van der Waals surface area contributed by atoms with Gasteiger partial charge in [0.05, 0.1) is 22.1 Å². The Morgan fingerprint density at radius 1 is 0.235 bits per heavy atom. The van der Waals surface area contributed by atoms with Crippen LogP contribution in [0.2, 0.25) is 10.6 Å². The number of para-hydroxylation sites is 2. The smallest absolute Gasteiger partial charge is 0.227 e. The van der Waals surface area contributed by atoms with Gasteiger partial charge in [0.2, 0.25) is 10.6 Å². The standard InChI is InChI=1S/C49H30N4S.C37H20Cl2N4S/c1-5-15-31(16-6-1)34-25-28-41-40(29-34)44-42(53(41)35-21-11-4-12-22-35)30-39(37-26-27-38-36-23-13-14-24-43(36)54-46(38)45(37)44)49-51-47(32-17-7-2-8-18-32)50-48(52-49)33-19-9-3-10-20-33;38-36-40-35(41-37(39)42-36)27-20-30-32(33-25(27)16-17-26-24-13-7-8-14-31(24)44-34(26)33)28-19-22(21-9-3-1-4-10-21)15-18-29(28)43(30)23-11-5-2-6-12-23/h1-30H;1-20H. The lowest BCUT2D eigenvalue weighted by Gasteiger charge is -2.13. The third-order valence-corrected chi connectivity index (χ3v) is 21.5. The lowest BCUT2D eigenvalue weighted by molar-refractivity contribution is 1.06. The minimum Gasteiger partial charge on any atom is -0.309 e. The van der Waals surface area contributed by atoms with Crippen LogP contribution in [-0.2, 0) is 0 Å². The first-order chi connectivity index (χ1) is 48.4. The van der Waals surface area contributed by atoms with Crippen LogP contribution in [-0.4, -0.2) is 39.0 Å². The zero-order valence-electron chi connectivity index (χ0n) is 52.0. The Morgan fingerprint density at radius 3 is 1.00 bits per heavy atom. The van der Waals surface area contributed by atoms with E-state index in [1.165, 1.54) is 89.5 Å². The van der Waals surface area contributed by atoms with E-state index in [4.69, 9.17) is 38.2 Å². The van der Waals surface area contributed by atoms with Crippen molar-refractivity contribution >= 4 is 151 Å². The summed E-state index contributed by atoms with van der Waals surface area (Å²) in [5, 5.41) is 14.4. The van der Waals surface area contributed by atoms with Gasteiger partial charge in [-0.25, -0.2) is 15.0 Å². The molecule has 20 rings (SSSR count). The molecule has 0 saturated heterocycles. The van der Waals surface area contributed by atoms with E-state index < -0.39 is 0 Å². The van der Waals surface area contributed by atoms with E-state index in [9.17, 15) is 0 Å². The molecule has 0 aliphatic heterocycles. The summed E-state index contributed by atoms with van der Waals surface area (Å²) in [7, 11) is 0. The van der Waals surface area contributed by atoms with Crippen molar-refractivity contribution in [1.82, 2.24) is 39.0 Å². The van der Waals surface area contributed by atoms with Crippen molar-refractivity contribution in [3.05, 3.63) is 314 Å². The molecule has 14 aromatic carbocycles. The van der Waals surface area contributed by atoms with Crippen LogP contribution in [0.5, 0.6) is 0 Å². The number of hydrogen-bond acceptors (Lipinski definition) is 8. The number of halogens is 2. The number of rotatable bonds is 8. The summed E-state index contributed by atoms with van der Waals surface area (Å²) >= 11 is 16.3. The zero-order valence-corrected chi connectivity index (χ0v) is 55.2. The van der Waals surface area contributed by atoms with Crippen LogP contribution >= 0.6 is 45.9 Å². The van der Waals surface area contributed by atoms with Gasteiger partial charge in [0, 0.05) is 106 Å². The first-order valence-corrected chi connectivity index (χ1v) is 34.7. The molecule has 20 aromatic rings. The summed E-state index contributed by atoms with van der Waals surface area (Å²) in [6.07, 6.45) is 0. The molecule has 0 amide bonds. The second-order valence-corrected chi connectivity index (χ2v) is 27.1. The minimum absolute atomic E-state index is 0.0623. The maximum absolute atomic E-state index is 6.34. The number of fused-ring (bicyclic) bond motifs is 18. The lowest BCUT2D eigenvalue weighted by Crippen LogP contribution is -2.01. The van der Waals surface area contributed by atoms with Gasteiger partial charge in [-0.2, -0.15) is 15.0 Å². The third-order valence-electron chi connectivity index (χ3n) is 18.7. The van der Waals surface area contributed by atoms with Crippen LogP contribution in [0.4, 0.5) is 0 Å². The molecule has 460 valence electrons. The van der Waals surface area contributed by atoms with Crippen molar-refractivity contribution in [2.24, 2.45) is 0 Å². The maximum Gasteiger partial charge on any atom is 0.227 e. The predicted octanol–water partition coefficient (Wildman–Crippen LogP) is 24.3. The number of hydrogen-bond donors (Lipinski definition) is 0. The summed E-state index contributed by atoms with van der Waals surface area (Å²) < 4.78 is 9.74. The van der Waals surface area contributed by atoms with E-state index >= 15 is 0 Å². The zero-order chi connectivity index (χ0) is 65.0. The van der Waals surface area contributed by atoms with Gasteiger partial charge in [0.15, 0.2) is 23.3 Å². The molecule has 6 heterocycles. The van der Waals surface area contributed by atoms with Crippen molar-refractivity contribution < 1.29 is 0 Å². The molecule has 0 fully saturated rings. The first-order valence-electron chi connectivity index (χ1n) is 32.3. The van der Waals surface area contributed by atoms with Crippen LogP contribution in [0.1, 0.15) is 0 Å². The molecule has 0 spiro atoms. The molecular weight excluding hydrogens is 1280 g/mol. The van der Waals surface area contributed by atoms with Gasteiger partial charge in [-0.3, -0.25) is 0 Å². The molecule has 98 heavy (non-hydrogen) atoms. The van der Waals surface area contributed by atoms with Crippen molar-refractivity contribution in [2.75, 3.05) is 0 Å². The summed E-state index contributed by atoms with van der Waals surface area (Å²) in [5.41, 5.74) is 15.0. The van der Waals surface area contributed by atoms with E-state index in [1.54, 1.807) is 0 Å². The highest BCUT2D eigenvalue weighted by Crippen LogP contribution is 2.50. The van der Waals surface area contributed by atoms with Crippen LogP contribution < -0.4 is 0 Å². The van der Waals surface area contributed by atoms with Gasteiger partial charge in [-0.05, 0) is 129 Å². The SMILES string of the molecule is Clc1nc(Cl)nc(-c2cc3c(c4cc(-c5ccccc5)ccc4n3-c3ccccc3)c3c2ccc2c4ccccc4sc23)n1.c1ccc(-c2ccc3c(c2)c2c4c(ccc5c6ccccc6sc54)c(-c4nc(-c5ccccc5)nc(-c5ccccc5)n4)cc2n3-c2ccccc2)cc1. The van der Waals surface area contributed by atoms with Crippen molar-refractivity contribution in [1.29, 1.82) is 0 Å². The molecule has 0 atom stereocenters. The van der Waals surface area contributed by atoms with Crippen molar-refractivity contribution in [2.45, 2.75) is 0 Å². The number of thiophene rings is 2. The minimum atomic E-state index is 0.0623. The number of nitrogens with zero attached hydrogens (tertiary/aromatic N) is 8. The van der Waals surface area contributed by atoms with Gasteiger partial charge in [0.25, 0.3) is 0 Å². The Morgan fingerprint density at radius 2 is 0.582 bits per heavy atom. The highest BCUT2D eigenvalue weighted by atomic mass is 35.5. The van der Waals surface area contributed by atoms with Crippen LogP contribution in [0.25, 0.3) is 185 Å². The molecule has 0 radical (unpaired) electrons. The lowest BCUT2D eigenvalue weighted by atomic mass is 9.95.